The van der Waals surface area contributed by atoms with Crippen LogP contribution in [0, 0.1) is 10.1 Å². The van der Waals surface area contributed by atoms with E-state index in [0.29, 0.717) is 28.6 Å². The number of nitro groups is 1. The molecule has 4 rings (SSSR count). The lowest BCUT2D eigenvalue weighted by Gasteiger charge is -2.11. The van der Waals surface area contributed by atoms with Gasteiger partial charge in [-0.15, -0.1) is 0 Å². The molecule has 0 N–H and O–H groups in total. The van der Waals surface area contributed by atoms with Crippen LogP contribution < -0.4 is 14.2 Å². The van der Waals surface area contributed by atoms with E-state index in [1.807, 2.05) is 12.1 Å². The van der Waals surface area contributed by atoms with E-state index in [-0.39, 0.29) is 12.3 Å². The van der Waals surface area contributed by atoms with Crippen LogP contribution in [0.5, 0.6) is 17.2 Å². The minimum absolute atomic E-state index is 0.0216. The Kier molecular flexibility index (Phi) is 6.59. The molecule has 8 nitrogen and oxygen atoms in total. The van der Waals surface area contributed by atoms with E-state index in [1.165, 1.54) is 19.2 Å². The van der Waals surface area contributed by atoms with Gasteiger partial charge in [0.1, 0.15) is 18.1 Å². The van der Waals surface area contributed by atoms with Crippen LogP contribution in [-0.4, -0.2) is 25.1 Å². The number of hydrogen-bond donors (Lipinski definition) is 0. The molecule has 0 fully saturated rings. The maximum Gasteiger partial charge on any atom is 0.343 e. The number of benzene rings is 3. The molecule has 0 atom stereocenters. The maximum absolute atomic E-state index is 12.4. The zero-order valence-electron chi connectivity index (χ0n) is 18.5. The van der Waals surface area contributed by atoms with Gasteiger partial charge < -0.3 is 18.9 Å². The van der Waals surface area contributed by atoms with E-state index >= 15 is 0 Å². The molecule has 172 valence electrons. The smallest absolute Gasteiger partial charge is 0.343 e. The summed E-state index contributed by atoms with van der Waals surface area (Å²) < 4.78 is 21.8. The summed E-state index contributed by atoms with van der Waals surface area (Å²) in [5, 5.41) is 10.8. The van der Waals surface area contributed by atoms with Crippen molar-refractivity contribution >= 4 is 23.5 Å². The molecule has 0 radical (unpaired) electrons. The van der Waals surface area contributed by atoms with Crippen LogP contribution in [0.4, 0.5) is 5.69 Å². The van der Waals surface area contributed by atoms with E-state index < -0.39 is 10.9 Å². The average Bonchev–Trinajstić information content (AvgIpc) is 3.23. The van der Waals surface area contributed by atoms with E-state index in [1.54, 1.807) is 61.7 Å². The standard InChI is InChI=1S/C26H21NO7/c1-31-22-10-6-19(7-11-22)24-15-20(26(28)34-24)13-18-5-12-23(25(14-18)32-2)33-16-17-3-8-21(9-4-17)27(29)30/h3-15H,16H2,1-2H3/b20-13+. The molecular formula is C26H21NO7. The molecule has 0 saturated carbocycles. The molecule has 0 aromatic heterocycles. The molecule has 1 heterocycles. The molecule has 3 aromatic carbocycles. The van der Waals surface area contributed by atoms with Gasteiger partial charge in [-0.1, -0.05) is 6.07 Å². The summed E-state index contributed by atoms with van der Waals surface area (Å²) in [4.78, 5) is 22.7. The third-order valence-electron chi connectivity index (χ3n) is 5.15. The monoisotopic (exact) mass is 459 g/mol. The first-order valence-electron chi connectivity index (χ1n) is 10.3. The lowest BCUT2D eigenvalue weighted by Crippen LogP contribution is -1.99. The number of hydrogen-bond acceptors (Lipinski definition) is 7. The third kappa shape index (κ3) is 5.07. The minimum Gasteiger partial charge on any atom is -0.497 e. The van der Waals surface area contributed by atoms with Crippen molar-refractivity contribution in [2.45, 2.75) is 6.61 Å². The highest BCUT2D eigenvalue weighted by Crippen LogP contribution is 2.32. The number of nitro benzene ring substituents is 1. The van der Waals surface area contributed by atoms with Crippen LogP contribution in [0.15, 0.2) is 78.4 Å². The normalized spacial score (nSPS) is 13.9. The highest BCUT2D eigenvalue weighted by molar-refractivity contribution is 6.05. The molecule has 3 aromatic rings. The van der Waals surface area contributed by atoms with Crippen molar-refractivity contribution in [1.29, 1.82) is 0 Å². The van der Waals surface area contributed by atoms with E-state index in [4.69, 9.17) is 18.9 Å². The Balaban J connectivity index is 1.49. The van der Waals surface area contributed by atoms with Gasteiger partial charge in [0.05, 0.1) is 24.7 Å². The van der Waals surface area contributed by atoms with Crippen LogP contribution in [-0.2, 0) is 16.1 Å². The Morgan fingerprint density at radius 1 is 0.941 bits per heavy atom. The number of carbonyl (C=O) groups is 1. The summed E-state index contributed by atoms with van der Waals surface area (Å²) in [6.07, 6.45) is 3.40. The summed E-state index contributed by atoms with van der Waals surface area (Å²) in [5.74, 6) is 1.73. The van der Waals surface area contributed by atoms with Gasteiger partial charge in [0, 0.05) is 17.7 Å². The first-order valence-corrected chi connectivity index (χ1v) is 10.3. The Labute approximate surface area is 195 Å². The molecular weight excluding hydrogens is 438 g/mol. The fourth-order valence-corrected chi connectivity index (χ4v) is 3.33. The fraction of sp³-hybridized carbons (Fsp3) is 0.115. The second-order valence-electron chi connectivity index (χ2n) is 7.35. The average molecular weight is 459 g/mol. The van der Waals surface area contributed by atoms with Crippen molar-refractivity contribution in [3.05, 3.63) is 105 Å². The first-order chi connectivity index (χ1) is 16.5. The van der Waals surface area contributed by atoms with Crippen LogP contribution in [0.25, 0.3) is 11.8 Å². The topological polar surface area (TPSA) is 97.1 Å². The highest BCUT2D eigenvalue weighted by atomic mass is 16.6. The van der Waals surface area contributed by atoms with Gasteiger partial charge >= 0.3 is 5.97 Å². The lowest BCUT2D eigenvalue weighted by molar-refractivity contribution is -0.384. The van der Waals surface area contributed by atoms with Crippen molar-refractivity contribution in [1.82, 2.24) is 0 Å². The zero-order chi connectivity index (χ0) is 24.1. The van der Waals surface area contributed by atoms with Gasteiger partial charge in [0.2, 0.25) is 0 Å². The number of esters is 1. The molecule has 0 amide bonds. The summed E-state index contributed by atoms with van der Waals surface area (Å²) in [5.41, 5.74) is 2.72. The Morgan fingerprint density at radius 3 is 2.32 bits per heavy atom. The van der Waals surface area contributed by atoms with Crippen molar-refractivity contribution in [3.8, 4) is 17.2 Å². The van der Waals surface area contributed by atoms with Gasteiger partial charge in [0.25, 0.3) is 5.69 Å². The summed E-state index contributed by atoms with van der Waals surface area (Å²) in [7, 11) is 3.11. The number of non-ortho nitro benzene ring substituents is 1. The lowest BCUT2D eigenvalue weighted by atomic mass is 10.1. The molecule has 0 aliphatic carbocycles. The van der Waals surface area contributed by atoms with Crippen molar-refractivity contribution in [2.75, 3.05) is 14.2 Å². The van der Waals surface area contributed by atoms with Gasteiger partial charge in [-0.05, 0) is 71.8 Å². The van der Waals surface area contributed by atoms with Crippen LogP contribution in [0.1, 0.15) is 16.7 Å². The van der Waals surface area contributed by atoms with Crippen molar-refractivity contribution in [2.24, 2.45) is 0 Å². The largest absolute Gasteiger partial charge is 0.497 e. The number of nitrogens with zero attached hydrogens (tertiary/aromatic N) is 1. The molecule has 8 heteroatoms. The SMILES string of the molecule is COc1ccc(C2=C/C(=C\c3ccc(OCc4ccc([N+](=O)[O-])cc4)c(OC)c3)C(=O)O2)cc1. The maximum atomic E-state index is 12.4. The van der Waals surface area contributed by atoms with Gasteiger partial charge in [-0.3, -0.25) is 10.1 Å². The molecule has 34 heavy (non-hydrogen) atoms. The predicted octanol–water partition coefficient (Wildman–Crippen LogP) is 5.17. The Morgan fingerprint density at radius 2 is 1.68 bits per heavy atom. The first kappa shape index (κ1) is 22.6. The van der Waals surface area contributed by atoms with Crippen LogP contribution in [0.3, 0.4) is 0 Å². The molecule has 0 bridgehead atoms. The Bertz CT molecular complexity index is 1280. The van der Waals surface area contributed by atoms with E-state index in [0.717, 1.165) is 16.7 Å². The van der Waals surface area contributed by atoms with Gasteiger partial charge in [-0.2, -0.15) is 0 Å². The summed E-state index contributed by atoms with van der Waals surface area (Å²) in [6, 6.07) is 18.7. The van der Waals surface area contributed by atoms with Gasteiger partial charge in [0.15, 0.2) is 11.5 Å². The van der Waals surface area contributed by atoms with Crippen molar-refractivity contribution in [3.63, 3.8) is 0 Å². The second kappa shape index (κ2) is 9.91. The molecule has 0 unspecified atom stereocenters. The summed E-state index contributed by atoms with van der Waals surface area (Å²) >= 11 is 0. The van der Waals surface area contributed by atoms with Crippen LogP contribution in [0.2, 0.25) is 0 Å². The molecule has 1 aliphatic heterocycles. The van der Waals surface area contributed by atoms with Crippen LogP contribution >= 0.6 is 0 Å². The number of ether oxygens (including phenoxy) is 4. The Hall–Kier alpha value is -4.59. The van der Waals surface area contributed by atoms with E-state index in [2.05, 4.69) is 0 Å². The third-order valence-corrected chi connectivity index (χ3v) is 5.15. The van der Waals surface area contributed by atoms with E-state index in [9.17, 15) is 14.9 Å². The quantitative estimate of drug-likeness (QED) is 0.198. The number of methoxy groups -OCH3 is 2. The number of carbonyl (C=O) groups excluding carboxylic acids is 1. The second-order valence-corrected chi connectivity index (χ2v) is 7.35. The van der Waals surface area contributed by atoms with Crippen molar-refractivity contribution < 1.29 is 28.7 Å². The summed E-state index contributed by atoms with van der Waals surface area (Å²) in [6.45, 7) is 0.217. The molecule has 1 aliphatic rings. The number of rotatable bonds is 8. The zero-order valence-corrected chi connectivity index (χ0v) is 18.5. The fourth-order valence-electron chi connectivity index (χ4n) is 3.33. The number of cyclic esters (lactones) is 1. The predicted molar refractivity (Wildman–Crippen MR) is 125 cm³/mol. The minimum atomic E-state index is -0.448. The molecule has 0 spiro atoms. The molecule has 0 saturated heterocycles. The highest BCUT2D eigenvalue weighted by Gasteiger charge is 2.22. The van der Waals surface area contributed by atoms with Gasteiger partial charge in [-0.25, -0.2) is 4.79 Å².